The zero-order chi connectivity index (χ0) is 22.3. The Hall–Kier alpha value is -2.76. The maximum absolute atomic E-state index is 12.7. The van der Waals surface area contributed by atoms with E-state index < -0.39 is 40.4 Å². The summed E-state index contributed by atoms with van der Waals surface area (Å²) in [5.41, 5.74) is -0.216. The highest BCUT2D eigenvalue weighted by Gasteiger charge is 2.43. The van der Waals surface area contributed by atoms with Gasteiger partial charge in [0.05, 0.1) is 10.5 Å². The van der Waals surface area contributed by atoms with Gasteiger partial charge in [0.15, 0.2) is 0 Å². The van der Waals surface area contributed by atoms with Crippen molar-refractivity contribution in [1.29, 1.82) is 0 Å². The fourth-order valence-corrected chi connectivity index (χ4v) is 4.10. The highest BCUT2D eigenvalue weighted by Crippen LogP contribution is 2.31. The Morgan fingerprint density at radius 3 is 2.13 bits per heavy atom. The molecule has 0 aliphatic carbocycles. The standard InChI is InChI=1S/C18H14F6N2O3S/c19-17(20,21)13-2-4-14(5-3-13)25-30(28,29)15-6-1-11-7-8-26(10-12(11)9-15)16(27)18(22,23)24/h1-6,9,25H,7-8,10H2. The predicted octanol–water partition coefficient (Wildman–Crippen LogP) is 3.95. The second-order valence-electron chi connectivity index (χ2n) is 6.59. The van der Waals surface area contributed by atoms with Crippen molar-refractivity contribution in [2.75, 3.05) is 11.3 Å². The van der Waals surface area contributed by atoms with Gasteiger partial charge in [0, 0.05) is 18.8 Å². The van der Waals surface area contributed by atoms with Crippen LogP contribution in [0.5, 0.6) is 0 Å². The van der Waals surface area contributed by atoms with E-state index in [1.54, 1.807) is 0 Å². The molecular formula is C18H14F6N2O3S. The van der Waals surface area contributed by atoms with Crippen LogP contribution in [0.2, 0.25) is 0 Å². The van der Waals surface area contributed by atoms with E-state index in [2.05, 4.69) is 4.72 Å². The van der Waals surface area contributed by atoms with Gasteiger partial charge in [0.1, 0.15) is 0 Å². The third-order valence-electron chi connectivity index (χ3n) is 4.49. The molecule has 1 aliphatic rings. The largest absolute Gasteiger partial charge is 0.471 e. The first-order valence-corrected chi connectivity index (χ1v) is 9.94. The van der Waals surface area contributed by atoms with Gasteiger partial charge in [-0.15, -0.1) is 0 Å². The van der Waals surface area contributed by atoms with E-state index in [1.165, 1.54) is 12.1 Å². The molecule has 1 N–H and O–H groups in total. The Balaban J connectivity index is 1.82. The lowest BCUT2D eigenvalue weighted by Gasteiger charge is -2.29. The van der Waals surface area contributed by atoms with E-state index in [4.69, 9.17) is 0 Å². The fourth-order valence-electron chi connectivity index (χ4n) is 2.99. The molecular weight excluding hydrogens is 438 g/mol. The number of fused-ring (bicyclic) bond motifs is 1. The number of sulfonamides is 1. The van der Waals surface area contributed by atoms with E-state index in [9.17, 15) is 39.6 Å². The number of nitrogens with one attached hydrogen (secondary N) is 1. The number of carbonyl (C=O) groups excluding carboxylic acids is 1. The van der Waals surface area contributed by atoms with Crippen molar-refractivity contribution in [2.45, 2.75) is 30.2 Å². The SMILES string of the molecule is O=C(N1CCc2ccc(S(=O)(=O)Nc3ccc(C(F)(F)F)cc3)cc2C1)C(F)(F)F. The van der Waals surface area contributed by atoms with Crippen LogP contribution in [-0.2, 0) is 34.0 Å². The average molecular weight is 452 g/mol. The van der Waals surface area contributed by atoms with Crippen LogP contribution < -0.4 is 4.72 Å². The molecule has 30 heavy (non-hydrogen) atoms. The lowest BCUT2D eigenvalue weighted by molar-refractivity contribution is -0.186. The van der Waals surface area contributed by atoms with Crippen molar-refractivity contribution in [1.82, 2.24) is 4.90 Å². The van der Waals surface area contributed by atoms with Crippen molar-refractivity contribution < 1.29 is 39.6 Å². The number of carbonyl (C=O) groups is 1. The van der Waals surface area contributed by atoms with Gasteiger partial charge in [-0.1, -0.05) is 6.07 Å². The van der Waals surface area contributed by atoms with Gasteiger partial charge in [-0.25, -0.2) is 8.42 Å². The minimum absolute atomic E-state index is 0.116. The molecule has 1 heterocycles. The summed E-state index contributed by atoms with van der Waals surface area (Å²) in [4.78, 5) is 11.7. The first-order valence-electron chi connectivity index (χ1n) is 8.45. The molecule has 0 aromatic heterocycles. The maximum Gasteiger partial charge on any atom is 0.471 e. The second kappa shape index (κ2) is 7.49. The molecule has 0 unspecified atom stereocenters. The topological polar surface area (TPSA) is 66.5 Å². The zero-order valence-corrected chi connectivity index (χ0v) is 15.8. The summed E-state index contributed by atoms with van der Waals surface area (Å²) in [5, 5.41) is 0. The second-order valence-corrected chi connectivity index (χ2v) is 8.27. The molecule has 0 atom stereocenters. The van der Waals surface area contributed by atoms with E-state index in [0.29, 0.717) is 22.6 Å². The normalized spacial score (nSPS) is 14.9. The lowest BCUT2D eigenvalue weighted by Crippen LogP contribution is -2.43. The minimum atomic E-state index is -5.04. The molecule has 2 aromatic rings. The number of amides is 1. The number of rotatable bonds is 3. The first-order chi connectivity index (χ1) is 13.8. The number of benzene rings is 2. The van der Waals surface area contributed by atoms with Crippen molar-refractivity contribution in [3.63, 3.8) is 0 Å². The van der Waals surface area contributed by atoms with E-state index in [0.717, 1.165) is 18.2 Å². The molecule has 0 saturated carbocycles. The maximum atomic E-state index is 12.7. The quantitative estimate of drug-likeness (QED) is 0.718. The van der Waals surface area contributed by atoms with Crippen LogP contribution in [0.15, 0.2) is 47.4 Å². The first kappa shape index (κ1) is 21.9. The van der Waals surface area contributed by atoms with E-state index >= 15 is 0 Å². The van der Waals surface area contributed by atoms with Gasteiger partial charge >= 0.3 is 18.3 Å². The molecule has 2 aromatic carbocycles. The summed E-state index contributed by atoms with van der Waals surface area (Å²) < 4.78 is 103. The Bertz CT molecular complexity index is 1060. The molecule has 0 saturated heterocycles. The molecule has 0 fully saturated rings. The van der Waals surface area contributed by atoms with Crippen molar-refractivity contribution in [3.05, 3.63) is 59.2 Å². The summed E-state index contributed by atoms with van der Waals surface area (Å²) in [5.74, 6) is -2.01. The highest BCUT2D eigenvalue weighted by atomic mass is 32.2. The number of hydrogen-bond donors (Lipinski definition) is 1. The van der Waals surface area contributed by atoms with E-state index in [1.807, 2.05) is 0 Å². The molecule has 1 amide bonds. The van der Waals surface area contributed by atoms with Crippen LogP contribution in [0.4, 0.5) is 32.0 Å². The number of anilines is 1. The molecule has 12 heteroatoms. The van der Waals surface area contributed by atoms with Crippen molar-refractivity contribution >= 4 is 21.6 Å². The highest BCUT2D eigenvalue weighted by molar-refractivity contribution is 7.92. The molecule has 162 valence electrons. The van der Waals surface area contributed by atoms with Crippen LogP contribution in [0, 0.1) is 0 Å². The van der Waals surface area contributed by atoms with Gasteiger partial charge in [0.2, 0.25) is 0 Å². The van der Waals surface area contributed by atoms with Crippen molar-refractivity contribution in [2.24, 2.45) is 0 Å². The summed E-state index contributed by atoms with van der Waals surface area (Å²) in [6, 6.07) is 7.15. The number of halogens is 6. The Kier molecular flexibility index (Phi) is 5.48. The van der Waals surface area contributed by atoms with Crippen LogP contribution in [0.3, 0.4) is 0 Å². The van der Waals surface area contributed by atoms with Crippen LogP contribution in [-0.4, -0.2) is 31.9 Å². The number of hydrogen-bond acceptors (Lipinski definition) is 3. The van der Waals surface area contributed by atoms with E-state index in [-0.39, 0.29) is 29.1 Å². The monoisotopic (exact) mass is 452 g/mol. The molecule has 3 rings (SSSR count). The van der Waals surface area contributed by atoms with Gasteiger partial charge < -0.3 is 4.90 Å². The average Bonchev–Trinajstić information content (AvgIpc) is 2.65. The Morgan fingerprint density at radius 1 is 0.933 bits per heavy atom. The zero-order valence-electron chi connectivity index (χ0n) is 15.0. The Labute approximate surface area is 167 Å². The smallest absolute Gasteiger partial charge is 0.330 e. The Morgan fingerprint density at radius 2 is 1.57 bits per heavy atom. The van der Waals surface area contributed by atoms with Crippen molar-refractivity contribution in [3.8, 4) is 0 Å². The molecule has 0 radical (unpaired) electrons. The summed E-state index contributed by atoms with van der Waals surface area (Å²) in [7, 11) is -4.22. The van der Waals surface area contributed by atoms with Gasteiger partial charge in [-0.3, -0.25) is 9.52 Å². The minimum Gasteiger partial charge on any atom is -0.330 e. The van der Waals surface area contributed by atoms with Gasteiger partial charge in [-0.2, -0.15) is 26.3 Å². The van der Waals surface area contributed by atoms with Gasteiger partial charge in [0.25, 0.3) is 10.0 Å². The fraction of sp³-hybridized carbons (Fsp3) is 0.278. The number of nitrogens with zero attached hydrogens (tertiary/aromatic N) is 1. The van der Waals surface area contributed by atoms with Crippen LogP contribution >= 0.6 is 0 Å². The van der Waals surface area contributed by atoms with Gasteiger partial charge in [-0.05, 0) is 53.9 Å². The number of alkyl halides is 6. The summed E-state index contributed by atoms with van der Waals surface area (Å²) in [6.07, 6.45) is -9.48. The third-order valence-corrected chi connectivity index (χ3v) is 5.87. The molecule has 1 aliphatic heterocycles. The summed E-state index contributed by atoms with van der Waals surface area (Å²) in [6.45, 7) is -0.557. The third kappa shape index (κ3) is 4.69. The summed E-state index contributed by atoms with van der Waals surface area (Å²) >= 11 is 0. The van der Waals surface area contributed by atoms with Crippen LogP contribution in [0.25, 0.3) is 0 Å². The molecule has 5 nitrogen and oxygen atoms in total. The lowest BCUT2D eigenvalue weighted by atomic mass is 10.00. The van der Waals surface area contributed by atoms with Crippen LogP contribution in [0.1, 0.15) is 16.7 Å². The molecule has 0 bridgehead atoms. The molecule has 0 spiro atoms. The predicted molar refractivity (Wildman–Crippen MR) is 93.9 cm³/mol.